The third kappa shape index (κ3) is 5.11. The predicted molar refractivity (Wildman–Crippen MR) is 93.9 cm³/mol. The minimum atomic E-state index is -0.553. The van der Waals surface area contributed by atoms with Gasteiger partial charge >= 0.3 is 0 Å². The van der Waals surface area contributed by atoms with Crippen molar-refractivity contribution in [1.29, 1.82) is 0 Å². The second kappa shape index (κ2) is 8.02. The molecule has 25 heavy (non-hydrogen) atoms. The van der Waals surface area contributed by atoms with Gasteiger partial charge in [-0.15, -0.1) is 0 Å². The predicted octanol–water partition coefficient (Wildman–Crippen LogP) is 2.97. The number of carbonyl (C=O) groups excluding carboxylic acids is 2. The fraction of sp³-hybridized carbons (Fsp3) is 0.0625. The molecule has 0 fully saturated rings. The maximum Gasteiger partial charge on any atom is 0.271 e. The van der Waals surface area contributed by atoms with Crippen LogP contribution >= 0.6 is 11.6 Å². The summed E-state index contributed by atoms with van der Waals surface area (Å²) in [6.45, 7) is 1.38. The zero-order valence-electron chi connectivity index (χ0n) is 13.0. The smallest absolute Gasteiger partial charge is 0.271 e. The van der Waals surface area contributed by atoms with E-state index in [2.05, 4.69) is 15.8 Å². The molecule has 0 bridgehead atoms. The highest BCUT2D eigenvalue weighted by atomic mass is 35.5. The zero-order chi connectivity index (χ0) is 18.4. The van der Waals surface area contributed by atoms with E-state index in [1.165, 1.54) is 43.5 Å². The van der Waals surface area contributed by atoms with Crippen LogP contribution in [0.4, 0.5) is 11.4 Å². The summed E-state index contributed by atoms with van der Waals surface area (Å²) >= 11 is 5.93. The number of anilines is 1. The Bertz CT molecular complexity index is 850. The van der Waals surface area contributed by atoms with Crippen LogP contribution in [0.5, 0.6) is 0 Å². The SMILES string of the molecule is CC(=O)Nc1ccc(C(=O)N/N=C/c2cc([N+](=O)[O-])ccc2Cl)cc1. The lowest BCUT2D eigenvalue weighted by Gasteiger charge is -2.04. The van der Waals surface area contributed by atoms with Crippen molar-refractivity contribution in [2.75, 3.05) is 5.32 Å². The zero-order valence-corrected chi connectivity index (χ0v) is 13.8. The van der Waals surface area contributed by atoms with E-state index in [4.69, 9.17) is 11.6 Å². The van der Waals surface area contributed by atoms with Crippen molar-refractivity contribution in [3.05, 3.63) is 68.7 Å². The summed E-state index contributed by atoms with van der Waals surface area (Å²) in [5, 5.41) is 17.3. The number of carbonyl (C=O) groups is 2. The maximum absolute atomic E-state index is 12.0. The van der Waals surface area contributed by atoms with E-state index in [-0.39, 0.29) is 16.6 Å². The van der Waals surface area contributed by atoms with Crippen molar-refractivity contribution < 1.29 is 14.5 Å². The lowest BCUT2D eigenvalue weighted by molar-refractivity contribution is -0.384. The molecule has 0 atom stereocenters. The number of hydrogen-bond acceptors (Lipinski definition) is 5. The van der Waals surface area contributed by atoms with Crippen LogP contribution in [-0.2, 0) is 4.79 Å². The van der Waals surface area contributed by atoms with Gasteiger partial charge in [0.15, 0.2) is 0 Å². The number of amides is 2. The van der Waals surface area contributed by atoms with Gasteiger partial charge in [-0.25, -0.2) is 5.43 Å². The minimum Gasteiger partial charge on any atom is -0.326 e. The molecule has 0 spiro atoms. The van der Waals surface area contributed by atoms with Gasteiger partial charge in [0.2, 0.25) is 5.91 Å². The summed E-state index contributed by atoms with van der Waals surface area (Å²) < 4.78 is 0. The van der Waals surface area contributed by atoms with Gasteiger partial charge in [0.1, 0.15) is 0 Å². The molecule has 0 heterocycles. The van der Waals surface area contributed by atoms with E-state index in [9.17, 15) is 19.7 Å². The average Bonchev–Trinajstić information content (AvgIpc) is 2.56. The monoisotopic (exact) mass is 360 g/mol. The molecule has 0 saturated heterocycles. The van der Waals surface area contributed by atoms with Gasteiger partial charge in [0.05, 0.1) is 11.1 Å². The molecule has 2 aromatic rings. The Balaban J connectivity index is 2.04. The molecule has 0 aliphatic heterocycles. The molecule has 2 N–H and O–H groups in total. The number of non-ortho nitro benzene ring substituents is 1. The molecule has 2 aromatic carbocycles. The number of benzene rings is 2. The van der Waals surface area contributed by atoms with Gasteiger partial charge < -0.3 is 5.32 Å². The minimum absolute atomic E-state index is 0.134. The first-order chi connectivity index (χ1) is 11.9. The Morgan fingerprint density at radius 3 is 2.48 bits per heavy atom. The molecule has 9 heteroatoms. The molecule has 0 unspecified atom stereocenters. The fourth-order valence-corrected chi connectivity index (χ4v) is 2.04. The first kappa shape index (κ1) is 18.1. The van der Waals surface area contributed by atoms with Gasteiger partial charge in [0.25, 0.3) is 11.6 Å². The van der Waals surface area contributed by atoms with Crippen LogP contribution in [0.15, 0.2) is 47.6 Å². The number of halogens is 1. The topological polar surface area (TPSA) is 114 Å². The maximum atomic E-state index is 12.0. The standard InChI is InChI=1S/C16H13ClN4O4/c1-10(22)19-13-4-2-11(3-5-13)16(23)20-18-9-12-8-14(21(24)25)6-7-15(12)17/h2-9H,1H3,(H,19,22)(H,20,23)/b18-9+. The van der Waals surface area contributed by atoms with E-state index >= 15 is 0 Å². The van der Waals surface area contributed by atoms with Crippen LogP contribution in [-0.4, -0.2) is 23.0 Å². The normalized spacial score (nSPS) is 10.5. The molecular weight excluding hydrogens is 348 g/mol. The van der Waals surface area contributed by atoms with E-state index in [1.807, 2.05) is 0 Å². The van der Waals surface area contributed by atoms with E-state index in [0.29, 0.717) is 16.8 Å². The van der Waals surface area contributed by atoms with Gasteiger partial charge in [0, 0.05) is 40.9 Å². The van der Waals surface area contributed by atoms with Gasteiger partial charge in [-0.1, -0.05) is 11.6 Å². The molecule has 0 aromatic heterocycles. The Labute approximate surface area is 147 Å². The summed E-state index contributed by atoms with van der Waals surface area (Å²) in [5.74, 6) is -0.692. The van der Waals surface area contributed by atoms with Crippen LogP contribution in [0.2, 0.25) is 5.02 Å². The van der Waals surface area contributed by atoms with Crippen LogP contribution in [0.25, 0.3) is 0 Å². The number of nitro benzene ring substituents is 1. The number of hydrogen-bond donors (Lipinski definition) is 2. The summed E-state index contributed by atoms with van der Waals surface area (Å²) in [7, 11) is 0. The number of hydrazone groups is 1. The summed E-state index contributed by atoms with van der Waals surface area (Å²) in [6, 6.07) is 10.1. The second-order valence-electron chi connectivity index (χ2n) is 4.92. The number of nitro groups is 1. The Morgan fingerprint density at radius 2 is 1.88 bits per heavy atom. The van der Waals surface area contributed by atoms with E-state index < -0.39 is 10.8 Å². The summed E-state index contributed by atoms with van der Waals surface area (Å²) in [4.78, 5) is 33.1. The molecule has 2 amide bonds. The highest BCUT2D eigenvalue weighted by Gasteiger charge is 2.09. The molecule has 0 aliphatic rings. The molecule has 8 nitrogen and oxygen atoms in total. The molecule has 0 aliphatic carbocycles. The first-order valence-corrected chi connectivity index (χ1v) is 7.39. The van der Waals surface area contributed by atoms with Crippen molar-refractivity contribution in [2.45, 2.75) is 6.92 Å². The van der Waals surface area contributed by atoms with Crippen molar-refractivity contribution in [3.63, 3.8) is 0 Å². The van der Waals surface area contributed by atoms with Crippen LogP contribution < -0.4 is 10.7 Å². The number of nitrogens with one attached hydrogen (secondary N) is 2. The van der Waals surface area contributed by atoms with Gasteiger partial charge in [-0.3, -0.25) is 19.7 Å². The molecular formula is C16H13ClN4O4. The average molecular weight is 361 g/mol. The van der Waals surface area contributed by atoms with Crippen LogP contribution in [0.1, 0.15) is 22.8 Å². The fourth-order valence-electron chi connectivity index (χ4n) is 1.88. The van der Waals surface area contributed by atoms with Crippen molar-refractivity contribution in [1.82, 2.24) is 5.43 Å². The van der Waals surface area contributed by atoms with E-state index in [0.717, 1.165) is 0 Å². The third-order valence-electron chi connectivity index (χ3n) is 3.03. The highest BCUT2D eigenvalue weighted by Crippen LogP contribution is 2.20. The van der Waals surface area contributed by atoms with Crippen molar-refractivity contribution in [2.24, 2.45) is 5.10 Å². The summed E-state index contributed by atoms with van der Waals surface area (Å²) in [6.07, 6.45) is 1.22. The molecule has 2 rings (SSSR count). The molecule has 0 radical (unpaired) electrons. The lowest BCUT2D eigenvalue weighted by Crippen LogP contribution is -2.17. The molecule has 0 saturated carbocycles. The van der Waals surface area contributed by atoms with Gasteiger partial charge in [-0.2, -0.15) is 5.10 Å². The largest absolute Gasteiger partial charge is 0.326 e. The Hall–Kier alpha value is -3.26. The Kier molecular flexibility index (Phi) is 5.80. The van der Waals surface area contributed by atoms with Crippen molar-refractivity contribution in [3.8, 4) is 0 Å². The van der Waals surface area contributed by atoms with Crippen LogP contribution in [0.3, 0.4) is 0 Å². The van der Waals surface area contributed by atoms with Crippen LogP contribution in [0, 0.1) is 10.1 Å². The Morgan fingerprint density at radius 1 is 1.20 bits per heavy atom. The second-order valence-corrected chi connectivity index (χ2v) is 5.33. The van der Waals surface area contributed by atoms with Crippen molar-refractivity contribution >= 4 is 41.0 Å². The quantitative estimate of drug-likeness (QED) is 0.484. The highest BCUT2D eigenvalue weighted by molar-refractivity contribution is 6.33. The van der Waals surface area contributed by atoms with Gasteiger partial charge in [-0.05, 0) is 30.3 Å². The van der Waals surface area contributed by atoms with E-state index in [1.54, 1.807) is 12.1 Å². The third-order valence-corrected chi connectivity index (χ3v) is 3.37. The first-order valence-electron chi connectivity index (χ1n) is 7.02. The number of rotatable bonds is 5. The molecule has 128 valence electrons. The number of nitrogens with zero attached hydrogens (tertiary/aromatic N) is 2. The summed E-state index contributed by atoms with van der Waals surface area (Å²) in [5.41, 5.74) is 3.36. The lowest BCUT2D eigenvalue weighted by atomic mass is 10.2.